The summed E-state index contributed by atoms with van der Waals surface area (Å²) in [6.45, 7) is 3.39. The molecule has 0 atom stereocenters. The molecule has 0 aliphatic heterocycles. The average molecular weight is 217 g/mol. The van der Waals surface area contributed by atoms with Gasteiger partial charge in [0.25, 0.3) is 0 Å². The normalized spacial score (nSPS) is 10.6. The summed E-state index contributed by atoms with van der Waals surface area (Å²) in [5.74, 6) is -1.62. The summed E-state index contributed by atoms with van der Waals surface area (Å²) < 4.78 is 12.8. The molecule has 0 fully saturated rings. The van der Waals surface area contributed by atoms with Crippen LogP contribution in [-0.2, 0) is 0 Å². The van der Waals surface area contributed by atoms with Gasteiger partial charge in [-0.3, -0.25) is 4.79 Å². The summed E-state index contributed by atoms with van der Waals surface area (Å²) >= 11 is 5.50. The molecule has 2 nitrogen and oxygen atoms in total. The van der Waals surface area contributed by atoms with Crippen LogP contribution in [0.4, 0.5) is 4.39 Å². The summed E-state index contributed by atoms with van der Waals surface area (Å²) in [4.78, 5) is 11.5. The molecule has 0 heterocycles. The lowest BCUT2D eigenvalue weighted by Crippen LogP contribution is -2.07. The van der Waals surface area contributed by atoms with Crippen molar-refractivity contribution in [2.45, 2.75) is 13.8 Å². The number of carbonyl (C=O) groups is 1. The number of rotatable bonds is 2. The van der Waals surface area contributed by atoms with Gasteiger partial charge in [0.1, 0.15) is 11.6 Å². The van der Waals surface area contributed by atoms with Gasteiger partial charge >= 0.3 is 0 Å². The zero-order valence-corrected chi connectivity index (χ0v) is 8.60. The second-order valence-electron chi connectivity index (χ2n) is 3.30. The molecule has 14 heavy (non-hydrogen) atoms. The minimum atomic E-state index is -0.732. The van der Waals surface area contributed by atoms with E-state index in [-0.39, 0.29) is 28.0 Å². The van der Waals surface area contributed by atoms with Crippen LogP contribution in [0.5, 0.6) is 5.75 Å². The molecule has 1 aromatic rings. The molecule has 0 saturated carbocycles. The molecule has 0 amide bonds. The van der Waals surface area contributed by atoms with Crippen molar-refractivity contribution in [1.82, 2.24) is 0 Å². The van der Waals surface area contributed by atoms with Crippen LogP contribution in [0, 0.1) is 11.7 Å². The molecule has 4 heteroatoms. The Morgan fingerprint density at radius 1 is 1.50 bits per heavy atom. The van der Waals surface area contributed by atoms with Crippen molar-refractivity contribution in [1.29, 1.82) is 0 Å². The van der Waals surface area contributed by atoms with E-state index in [2.05, 4.69) is 0 Å². The molecular weight excluding hydrogens is 207 g/mol. The van der Waals surface area contributed by atoms with Crippen molar-refractivity contribution in [3.8, 4) is 5.75 Å². The first-order valence-electron chi connectivity index (χ1n) is 4.15. The van der Waals surface area contributed by atoms with Gasteiger partial charge in [-0.05, 0) is 6.07 Å². The van der Waals surface area contributed by atoms with Gasteiger partial charge in [0.05, 0.1) is 10.6 Å². The van der Waals surface area contributed by atoms with Crippen molar-refractivity contribution in [2.75, 3.05) is 0 Å². The van der Waals surface area contributed by atoms with Crippen LogP contribution in [0.2, 0.25) is 5.02 Å². The van der Waals surface area contributed by atoms with E-state index in [0.29, 0.717) is 0 Å². The van der Waals surface area contributed by atoms with E-state index in [4.69, 9.17) is 11.6 Å². The van der Waals surface area contributed by atoms with Gasteiger partial charge in [0.2, 0.25) is 0 Å². The minimum absolute atomic E-state index is 0.0615. The first-order valence-corrected chi connectivity index (χ1v) is 4.53. The second-order valence-corrected chi connectivity index (χ2v) is 3.71. The number of hydrogen-bond acceptors (Lipinski definition) is 2. The molecule has 0 radical (unpaired) electrons. The largest absolute Gasteiger partial charge is 0.507 e. The van der Waals surface area contributed by atoms with Crippen LogP contribution in [0.15, 0.2) is 12.1 Å². The first-order chi connectivity index (χ1) is 6.43. The minimum Gasteiger partial charge on any atom is -0.507 e. The molecule has 0 unspecified atom stereocenters. The molecule has 0 bridgehead atoms. The van der Waals surface area contributed by atoms with Gasteiger partial charge in [0.15, 0.2) is 5.78 Å². The maximum Gasteiger partial charge on any atom is 0.169 e. The highest BCUT2D eigenvalue weighted by molar-refractivity contribution is 6.31. The van der Waals surface area contributed by atoms with Gasteiger partial charge < -0.3 is 5.11 Å². The topological polar surface area (TPSA) is 37.3 Å². The standard InChI is InChI=1S/C10H10ClFO2/c1-5(2)10(14)6-3-7(11)8(12)4-9(6)13/h3-5,13H,1-2H3. The van der Waals surface area contributed by atoms with Crippen molar-refractivity contribution in [3.05, 3.63) is 28.5 Å². The molecule has 1 rings (SSSR count). The van der Waals surface area contributed by atoms with Gasteiger partial charge in [-0.2, -0.15) is 0 Å². The highest BCUT2D eigenvalue weighted by Crippen LogP contribution is 2.26. The molecule has 0 aromatic heterocycles. The Labute approximate surface area is 86.3 Å². The Bertz CT molecular complexity index is 375. The molecule has 1 N–H and O–H groups in total. The summed E-state index contributed by atoms with van der Waals surface area (Å²) in [7, 11) is 0. The Hall–Kier alpha value is -1.09. The third-order valence-corrected chi connectivity index (χ3v) is 2.12. The molecule has 0 aliphatic carbocycles. The highest BCUT2D eigenvalue weighted by atomic mass is 35.5. The number of Topliss-reactive ketones (excluding diaryl/α,β-unsaturated/α-hetero) is 1. The smallest absolute Gasteiger partial charge is 0.169 e. The molecule has 0 aliphatic rings. The number of hydrogen-bond donors (Lipinski definition) is 1. The van der Waals surface area contributed by atoms with Crippen LogP contribution in [-0.4, -0.2) is 10.9 Å². The Kier molecular flexibility index (Phi) is 3.11. The summed E-state index contributed by atoms with van der Waals surface area (Å²) in [6, 6.07) is 1.99. The van der Waals surface area contributed by atoms with E-state index < -0.39 is 5.82 Å². The number of ketones is 1. The number of benzene rings is 1. The predicted molar refractivity (Wildman–Crippen MR) is 52.2 cm³/mol. The van der Waals surface area contributed by atoms with Crippen molar-refractivity contribution < 1.29 is 14.3 Å². The Balaban J connectivity index is 3.22. The van der Waals surface area contributed by atoms with E-state index in [9.17, 15) is 14.3 Å². The number of halogens is 2. The number of carbonyl (C=O) groups excluding carboxylic acids is 1. The van der Waals surface area contributed by atoms with E-state index >= 15 is 0 Å². The summed E-state index contributed by atoms with van der Waals surface area (Å²) in [5, 5.41) is 9.16. The van der Waals surface area contributed by atoms with Gasteiger partial charge in [0, 0.05) is 12.0 Å². The van der Waals surface area contributed by atoms with Crippen LogP contribution in [0.3, 0.4) is 0 Å². The zero-order chi connectivity index (χ0) is 10.9. The van der Waals surface area contributed by atoms with Crippen LogP contribution >= 0.6 is 11.6 Å². The molecule has 0 spiro atoms. The Morgan fingerprint density at radius 2 is 2.07 bits per heavy atom. The van der Waals surface area contributed by atoms with Crippen molar-refractivity contribution in [2.24, 2.45) is 5.92 Å². The van der Waals surface area contributed by atoms with Crippen molar-refractivity contribution >= 4 is 17.4 Å². The Morgan fingerprint density at radius 3 is 2.57 bits per heavy atom. The molecule has 76 valence electrons. The third kappa shape index (κ3) is 2.04. The number of aromatic hydroxyl groups is 1. The fourth-order valence-corrected chi connectivity index (χ4v) is 1.21. The SMILES string of the molecule is CC(C)C(=O)c1cc(Cl)c(F)cc1O. The van der Waals surface area contributed by atoms with E-state index in [1.165, 1.54) is 0 Å². The molecule has 1 aromatic carbocycles. The predicted octanol–water partition coefficient (Wildman–Crippen LogP) is 3.02. The van der Waals surface area contributed by atoms with Gasteiger partial charge in [-0.15, -0.1) is 0 Å². The number of phenolic OH excluding ortho intramolecular Hbond substituents is 1. The second kappa shape index (κ2) is 3.96. The quantitative estimate of drug-likeness (QED) is 0.772. The average Bonchev–Trinajstić information content (AvgIpc) is 2.10. The first kappa shape index (κ1) is 11.0. The van der Waals surface area contributed by atoms with Crippen LogP contribution < -0.4 is 0 Å². The van der Waals surface area contributed by atoms with Crippen molar-refractivity contribution in [3.63, 3.8) is 0 Å². The van der Waals surface area contributed by atoms with E-state index in [1.807, 2.05) is 0 Å². The summed E-state index contributed by atoms with van der Waals surface area (Å²) in [5.41, 5.74) is 0.0615. The maximum absolute atomic E-state index is 12.8. The van der Waals surface area contributed by atoms with Crippen LogP contribution in [0.1, 0.15) is 24.2 Å². The molecule has 0 saturated heterocycles. The lowest BCUT2D eigenvalue weighted by atomic mass is 10.0. The lowest BCUT2D eigenvalue weighted by molar-refractivity contribution is 0.0936. The van der Waals surface area contributed by atoms with Gasteiger partial charge in [-0.1, -0.05) is 25.4 Å². The maximum atomic E-state index is 12.8. The van der Waals surface area contributed by atoms with E-state index in [1.54, 1.807) is 13.8 Å². The molecular formula is C10H10ClFO2. The summed E-state index contributed by atoms with van der Waals surface area (Å²) in [6.07, 6.45) is 0. The van der Waals surface area contributed by atoms with E-state index in [0.717, 1.165) is 12.1 Å². The van der Waals surface area contributed by atoms with Gasteiger partial charge in [-0.25, -0.2) is 4.39 Å². The monoisotopic (exact) mass is 216 g/mol. The fourth-order valence-electron chi connectivity index (χ4n) is 1.04. The van der Waals surface area contributed by atoms with Crippen LogP contribution in [0.25, 0.3) is 0 Å². The fraction of sp³-hybridized carbons (Fsp3) is 0.300. The number of phenols is 1. The third-order valence-electron chi connectivity index (χ3n) is 1.83. The zero-order valence-electron chi connectivity index (χ0n) is 7.84. The highest BCUT2D eigenvalue weighted by Gasteiger charge is 2.17. The lowest BCUT2D eigenvalue weighted by Gasteiger charge is -2.07.